The average molecular weight is 361 g/mol. The van der Waals surface area contributed by atoms with Crippen molar-refractivity contribution in [1.82, 2.24) is 4.98 Å². The fourth-order valence-electron chi connectivity index (χ4n) is 2.11. The van der Waals surface area contributed by atoms with Crippen LogP contribution in [0.2, 0.25) is 0 Å². The Hall–Kier alpha value is -2.66. The van der Waals surface area contributed by atoms with Crippen LogP contribution in [0.1, 0.15) is 10.1 Å². The Labute approximate surface area is 141 Å². The molecule has 23 heavy (non-hydrogen) atoms. The second kappa shape index (κ2) is 7.56. The van der Waals surface area contributed by atoms with E-state index in [1.807, 2.05) is 78.9 Å². The predicted molar refractivity (Wildman–Crippen MR) is 95.7 cm³/mol. The summed E-state index contributed by atoms with van der Waals surface area (Å²) in [6.07, 6.45) is 5.74. The van der Waals surface area contributed by atoms with Gasteiger partial charge in [-0.3, -0.25) is 0 Å². The van der Waals surface area contributed by atoms with E-state index >= 15 is 0 Å². The molecular formula is C20H14N2Se. The summed E-state index contributed by atoms with van der Waals surface area (Å²) < 4.78 is 0.886. The fraction of sp³-hybridized carbons (Fsp3) is 0. The van der Waals surface area contributed by atoms with Crippen LogP contribution < -0.4 is 0 Å². The summed E-state index contributed by atoms with van der Waals surface area (Å²) in [7, 11) is 0. The average Bonchev–Trinajstić information content (AvgIpc) is 3.10. The molecule has 0 N–H and O–H groups in total. The summed E-state index contributed by atoms with van der Waals surface area (Å²) in [5, 5.41) is 9.39. The van der Waals surface area contributed by atoms with E-state index in [9.17, 15) is 5.26 Å². The van der Waals surface area contributed by atoms with E-state index in [1.54, 1.807) is 0 Å². The molecule has 0 spiro atoms. The quantitative estimate of drug-likeness (QED) is 0.392. The molecule has 0 aliphatic carbocycles. The van der Waals surface area contributed by atoms with Crippen LogP contribution in [0.3, 0.4) is 0 Å². The number of nitrogens with zero attached hydrogens (tertiary/aromatic N) is 2. The molecule has 3 heteroatoms. The Morgan fingerprint density at radius 1 is 1.00 bits per heavy atom. The van der Waals surface area contributed by atoms with Gasteiger partial charge in [-0.1, -0.05) is 0 Å². The zero-order chi connectivity index (χ0) is 15.9. The second-order valence-corrected chi connectivity index (χ2v) is 6.67. The monoisotopic (exact) mass is 362 g/mol. The van der Waals surface area contributed by atoms with Crippen LogP contribution >= 0.6 is 0 Å². The molecular weight excluding hydrogens is 347 g/mol. The fourth-order valence-corrected chi connectivity index (χ4v) is 3.80. The van der Waals surface area contributed by atoms with Crippen molar-refractivity contribution in [3.8, 4) is 17.3 Å². The summed E-state index contributed by atoms with van der Waals surface area (Å²) in [4.78, 5) is 6.76. The molecule has 0 atom stereocenters. The molecule has 3 aromatic rings. The Morgan fingerprint density at radius 2 is 1.70 bits per heavy atom. The molecule has 0 aliphatic rings. The molecule has 3 rings (SSSR count). The number of nitriles is 1. The van der Waals surface area contributed by atoms with Crippen molar-refractivity contribution in [1.29, 1.82) is 5.26 Å². The molecule has 0 saturated carbocycles. The van der Waals surface area contributed by atoms with Gasteiger partial charge in [0.15, 0.2) is 0 Å². The second-order valence-electron chi connectivity index (χ2n) is 4.87. The third-order valence-corrected chi connectivity index (χ3v) is 5.11. The zero-order valence-corrected chi connectivity index (χ0v) is 14.1. The minimum atomic E-state index is 0.104. The van der Waals surface area contributed by atoms with Crippen LogP contribution in [0.25, 0.3) is 22.9 Å². The van der Waals surface area contributed by atoms with Crippen molar-refractivity contribution in [3.63, 3.8) is 0 Å². The summed E-state index contributed by atoms with van der Waals surface area (Å²) in [6.45, 7) is 0. The zero-order valence-electron chi connectivity index (χ0n) is 12.4. The van der Waals surface area contributed by atoms with Gasteiger partial charge >= 0.3 is 142 Å². The van der Waals surface area contributed by atoms with Crippen molar-refractivity contribution in [3.05, 3.63) is 87.9 Å². The maximum atomic E-state index is 9.39. The molecule has 0 radical (unpaired) electrons. The third-order valence-electron chi connectivity index (χ3n) is 3.28. The van der Waals surface area contributed by atoms with Gasteiger partial charge in [-0.25, -0.2) is 0 Å². The molecule has 0 amide bonds. The van der Waals surface area contributed by atoms with Crippen molar-refractivity contribution in [2.45, 2.75) is 0 Å². The maximum absolute atomic E-state index is 9.39. The van der Waals surface area contributed by atoms with E-state index in [0.29, 0.717) is 5.57 Å². The van der Waals surface area contributed by atoms with Gasteiger partial charge in [-0.2, -0.15) is 0 Å². The molecule has 110 valence electrons. The molecule has 0 bridgehead atoms. The Balaban J connectivity index is 1.82. The van der Waals surface area contributed by atoms with Gasteiger partial charge in [0, 0.05) is 0 Å². The van der Waals surface area contributed by atoms with E-state index < -0.39 is 0 Å². The van der Waals surface area contributed by atoms with E-state index in [0.717, 1.165) is 21.4 Å². The predicted octanol–water partition coefficient (Wildman–Crippen LogP) is 4.43. The SMILES string of the molecule is N#C/C(=C\C=C\c1ccccc1)c1nc(-c2ccccc2)c[se]1. The van der Waals surface area contributed by atoms with Gasteiger partial charge < -0.3 is 0 Å². The normalized spacial score (nSPS) is 11.5. The van der Waals surface area contributed by atoms with Gasteiger partial charge in [0.1, 0.15) is 0 Å². The molecule has 2 nitrogen and oxygen atoms in total. The topological polar surface area (TPSA) is 36.7 Å². The molecule has 1 aromatic heterocycles. The molecule has 0 fully saturated rings. The van der Waals surface area contributed by atoms with Gasteiger partial charge in [-0.05, 0) is 0 Å². The molecule has 0 aliphatic heterocycles. The third kappa shape index (κ3) is 3.96. The standard InChI is InChI=1S/C20H14N2Se/c21-14-18(13-7-10-16-8-3-1-4-9-16)20-22-19(15-23-20)17-11-5-2-6-12-17/h1-13,15H/b10-7+,18-13+. The first-order valence-electron chi connectivity index (χ1n) is 7.21. The van der Waals surface area contributed by atoms with Crippen molar-refractivity contribution < 1.29 is 0 Å². The van der Waals surface area contributed by atoms with Crippen LogP contribution in [0, 0.1) is 11.3 Å². The van der Waals surface area contributed by atoms with Gasteiger partial charge in [-0.15, -0.1) is 0 Å². The van der Waals surface area contributed by atoms with E-state index in [2.05, 4.69) is 16.0 Å². The number of benzene rings is 2. The Kier molecular flexibility index (Phi) is 5.01. The van der Waals surface area contributed by atoms with Gasteiger partial charge in [0.2, 0.25) is 0 Å². The first kappa shape index (κ1) is 15.2. The number of rotatable bonds is 4. The number of hydrogen-bond acceptors (Lipinski definition) is 2. The van der Waals surface area contributed by atoms with Crippen molar-refractivity contribution in [2.75, 3.05) is 0 Å². The van der Waals surface area contributed by atoms with Gasteiger partial charge in [0.05, 0.1) is 0 Å². The summed E-state index contributed by atoms with van der Waals surface area (Å²) in [5.74, 6) is 0. The van der Waals surface area contributed by atoms with Crippen molar-refractivity contribution >= 4 is 26.2 Å². The van der Waals surface area contributed by atoms with Crippen LogP contribution in [0.4, 0.5) is 0 Å². The summed E-state index contributed by atoms with van der Waals surface area (Å²) in [5.41, 5.74) is 3.82. The molecule has 0 saturated heterocycles. The number of allylic oxidation sites excluding steroid dienone is 3. The van der Waals surface area contributed by atoms with Gasteiger partial charge in [0.25, 0.3) is 0 Å². The molecule has 1 heterocycles. The molecule has 2 aromatic carbocycles. The van der Waals surface area contributed by atoms with Crippen LogP contribution in [0.15, 0.2) is 77.8 Å². The Bertz CT molecular complexity index is 869. The molecule has 0 unspecified atom stereocenters. The van der Waals surface area contributed by atoms with Crippen molar-refractivity contribution in [2.24, 2.45) is 0 Å². The first-order valence-corrected chi connectivity index (χ1v) is 9.06. The summed E-state index contributed by atoms with van der Waals surface area (Å²) in [6, 6.07) is 22.4. The van der Waals surface area contributed by atoms with E-state index in [-0.39, 0.29) is 14.5 Å². The van der Waals surface area contributed by atoms with E-state index in [1.165, 1.54) is 0 Å². The Morgan fingerprint density at radius 3 is 2.39 bits per heavy atom. The minimum absolute atomic E-state index is 0.104. The van der Waals surface area contributed by atoms with Crippen LogP contribution in [-0.2, 0) is 0 Å². The first-order chi connectivity index (χ1) is 11.4. The summed E-state index contributed by atoms with van der Waals surface area (Å²) >= 11 is 0.104. The van der Waals surface area contributed by atoms with Crippen LogP contribution in [-0.4, -0.2) is 19.5 Å². The van der Waals surface area contributed by atoms with Crippen LogP contribution in [0.5, 0.6) is 0 Å². The van der Waals surface area contributed by atoms with E-state index in [4.69, 9.17) is 0 Å². The number of aromatic nitrogens is 1. The number of hydrogen-bond donors (Lipinski definition) is 0.